The Labute approximate surface area is 106 Å². The van der Waals surface area contributed by atoms with Gasteiger partial charge in [-0.2, -0.15) is 0 Å². The molecule has 0 fully saturated rings. The molecule has 17 heavy (non-hydrogen) atoms. The summed E-state index contributed by atoms with van der Waals surface area (Å²) >= 11 is 0. The third-order valence-electron chi connectivity index (χ3n) is 2.93. The third kappa shape index (κ3) is 5.87. The summed E-state index contributed by atoms with van der Waals surface area (Å²) in [7, 11) is 0. The summed E-state index contributed by atoms with van der Waals surface area (Å²) in [6, 6.07) is 0. The molecule has 1 aromatic heterocycles. The molecule has 1 rings (SSSR count). The summed E-state index contributed by atoms with van der Waals surface area (Å²) in [6.07, 6.45) is 9.06. The minimum Gasteiger partial charge on any atom is -0.334 e. The average molecular weight is 237 g/mol. The van der Waals surface area contributed by atoms with Gasteiger partial charge in [-0.15, -0.1) is 0 Å². The van der Waals surface area contributed by atoms with Gasteiger partial charge in [0.1, 0.15) is 5.82 Å². The first-order valence-electron chi connectivity index (χ1n) is 6.94. The molecule has 0 amide bonds. The molecule has 3 heteroatoms. The summed E-state index contributed by atoms with van der Waals surface area (Å²) in [4.78, 5) is 4.38. The van der Waals surface area contributed by atoms with Crippen molar-refractivity contribution in [2.45, 2.75) is 59.5 Å². The van der Waals surface area contributed by atoms with Crippen molar-refractivity contribution in [2.24, 2.45) is 5.92 Å². The minimum absolute atomic E-state index is 0.832. The second kappa shape index (κ2) is 8.29. The van der Waals surface area contributed by atoms with Gasteiger partial charge in [0.15, 0.2) is 0 Å². The van der Waals surface area contributed by atoms with Crippen LogP contribution in [0.3, 0.4) is 0 Å². The molecule has 0 radical (unpaired) electrons. The lowest BCUT2D eigenvalue weighted by atomic mass is 10.1. The van der Waals surface area contributed by atoms with Crippen molar-refractivity contribution < 1.29 is 0 Å². The molecule has 0 aliphatic carbocycles. The van der Waals surface area contributed by atoms with E-state index >= 15 is 0 Å². The summed E-state index contributed by atoms with van der Waals surface area (Å²) in [6.45, 7) is 9.85. The quantitative estimate of drug-likeness (QED) is 0.668. The van der Waals surface area contributed by atoms with Gasteiger partial charge in [0.2, 0.25) is 0 Å². The van der Waals surface area contributed by atoms with Crippen molar-refractivity contribution in [3.8, 4) is 0 Å². The van der Waals surface area contributed by atoms with Gasteiger partial charge >= 0.3 is 0 Å². The number of hydrogen-bond acceptors (Lipinski definition) is 2. The van der Waals surface area contributed by atoms with Crippen LogP contribution in [0.2, 0.25) is 0 Å². The molecular formula is C14H27N3. The molecule has 1 heterocycles. The Balaban J connectivity index is 2.11. The van der Waals surface area contributed by atoms with E-state index in [0.717, 1.165) is 37.8 Å². The summed E-state index contributed by atoms with van der Waals surface area (Å²) in [5.41, 5.74) is 0. The number of aryl methyl sites for hydroxylation is 1. The first kappa shape index (κ1) is 14.2. The van der Waals surface area contributed by atoms with Crippen LogP contribution in [-0.2, 0) is 13.1 Å². The van der Waals surface area contributed by atoms with Crippen molar-refractivity contribution in [3.05, 3.63) is 18.2 Å². The van der Waals surface area contributed by atoms with E-state index in [2.05, 4.69) is 41.8 Å². The van der Waals surface area contributed by atoms with Crippen LogP contribution >= 0.6 is 0 Å². The first-order chi connectivity index (χ1) is 8.24. The average Bonchev–Trinajstić information content (AvgIpc) is 2.71. The van der Waals surface area contributed by atoms with E-state index in [1.54, 1.807) is 0 Å². The predicted molar refractivity (Wildman–Crippen MR) is 72.9 cm³/mol. The lowest BCUT2D eigenvalue weighted by molar-refractivity contribution is 0.512. The zero-order valence-corrected chi connectivity index (χ0v) is 11.6. The fourth-order valence-corrected chi connectivity index (χ4v) is 1.95. The van der Waals surface area contributed by atoms with Gasteiger partial charge in [-0.1, -0.05) is 33.6 Å². The van der Waals surface area contributed by atoms with Crippen LogP contribution in [0.4, 0.5) is 0 Å². The molecule has 1 N–H and O–H groups in total. The van der Waals surface area contributed by atoms with Gasteiger partial charge in [-0.3, -0.25) is 0 Å². The summed E-state index contributed by atoms with van der Waals surface area (Å²) in [5, 5.41) is 3.48. The van der Waals surface area contributed by atoms with Crippen molar-refractivity contribution >= 4 is 0 Å². The van der Waals surface area contributed by atoms with Crippen LogP contribution in [0.25, 0.3) is 0 Å². The molecule has 0 saturated carbocycles. The van der Waals surface area contributed by atoms with Gasteiger partial charge in [-0.05, 0) is 25.3 Å². The number of imidazole rings is 1. The Hall–Kier alpha value is -0.830. The van der Waals surface area contributed by atoms with Crippen molar-refractivity contribution in [2.75, 3.05) is 6.54 Å². The van der Waals surface area contributed by atoms with Gasteiger partial charge in [-0.25, -0.2) is 4.98 Å². The van der Waals surface area contributed by atoms with Crippen LogP contribution in [0.5, 0.6) is 0 Å². The van der Waals surface area contributed by atoms with E-state index in [0.29, 0.717) is 0 Å². The SMILES string of the molecule is CCCn1ccnc1CNCCCCC(C)C. The largest absolute Gasteiger partial charge is 0.334 e. The molecule has 0 aromatic carbocycles. The minimum atomic E-state index is 0.832. The van der Waals surface area contributed by atoms with E-state index in [9.17, 15) is 0 Å². The van der Waals surface area contributed by atoms with E-state index < -0.39 is 0 Å². The second-order valence-corrected chi connectivity index (χ2v) is 5.10. The molecule has 98 valence electrons. The number of nitrogens with zero attached hydrogens (tertiary/aromatic N) is 2. The van der Waals surface area contributed by atoms with Crippen LogP contribution in [-0.4, -0.2) is 16.1 Å². The number of rotatable bonds is 9. The predicted octanol–water partition coefficient (Wildman–Crippen LogP) is 3.21. The molecule has 3 nitrogen and oxygen atoms in total. The maximum absolute atomic E-state index is 4.38. The molecule has 0 unspecified atom stereocenters. The molecule has 0 saturated heterocycles. The van der Waals surface area contributed by atoms with Gasteiger partial charge in [0.05, 0.1) is 6.54 Å². The van der Waals surface area contributed by atoms with E-state index in [4.69, 9.17) is 0 Å². The van der Waals surface area contributed by atoms with E-state index in [-0.39, 0.29) is 0 Å². The van der Waals surface area contributed by atoms with Gasteiger partial charge in [0.25, 0.3) is 0 Å². The van der Waals surface area contributed by atoms with Crippen molar-refractivity contribution in [1.29, 1.82) is 0 Å². The molecule has 0 aliphatic heterocycles. The number of unbranched alkanes of at least 4 members (excludes halogenated alkanes) is 1. The third-order valence-corrected chi connectivity index (χ3v) is 2.93. The Kier molecular flexibility index (Phi) is 6.94. The number of hydrogen-bond donors (Lipinski definition) is 1. The molecule has 0 atom stereocenters. The van der Waals surface area contributed by atoms with E-state index in [1.165, 1.54) is 19.3 Å². The molecular weight excluding hydrogens is 210 g/mol. The van der Waals surface area contributed by atoms with Crippen LogP contribution in [0.1, 0.15) is 52.3 Å². The Morgan fingerprint density at radius 3 is 2.88 bits per heavy atom. The van der Waals surface area contributed by atoms with E-state index in [1.807, 2.05) is 6.20 Å². The fraction of sp³-hybridized carbons (Fsp3) is 0.786. The van der Waals surface area contributed by atoms with Crippen LogP contribution in [0, 0.1) is 5.92 Å². The smallest absolute Gasteiger partial charge is 0.122 e. The molecule has 0 aliphatic rings. The van der Waals surface area contributed by atoms with Crippen LogP contribution < -0.4 is 5.32 Å². The molecule has 0 bridgehead atoms. The number of aromatic nitrogens is 2. The highest BCUT2D eigenvalue weighted by Gasteiger charge is 2.00. The Morgan fingerprint density at radius 1 is 1.35 bits per heavy atom. The zero-order valence-electron chi connectivity index (χ0n) is 11.6. The summed E-state index contributed by atoms with van der Waals surface area (Å²) < 4.78 is 2.24. The van der Waals surface area contributed by atoms with Crippen molar-refractivity contribution in [3.63, 3.8) is 0 Å². The Morgan fingerprint density at radius 2 is 2.18 bits per heavy atom. The summed E-state index contributed by atoms with van der Waals surface area (Å²) in [5.74, 6) is 1.99. The van der Waals surface area contributed by atoms with Crippen molar-refractivity contribution in [1.82, 2.24) is 14.9 Å². The Bertz CT molecular complexity index is 291. The highest BCUT2D eigenvalue weighted by atomic mass is 15.1. The maximum Gasteiger partial charge on any atom is 0.122 e. The normalized spacial score (nSPS) is 11.3. The highest BCUT2D eigenvalue weighted by Crippen LogP contribution is 2.05. The van der Waals surface area contributed by atoms with Crippen LogP contribution in [0.15, 0.2) is 12.4 Å². The monoisotopic (exact) mass is 237 g/mol. The second-order valence-electron chi connectivity index (χ2n) is 5.10. The lowest BCUT2D eigenvalue weighted by Gasteiger charge is -2.08. The van der Waals surface area contributed by atoms with Gasteiger partial charge < -0.3 is 9.88 Å². The zero-order chi connectivity index (χ0) is 12.5. The molecule has 0 spiro atoms. The van der Waals surface area contributed by atoms with Gasteiger partial charge in [0, 0.05) is 18.9 Å². The first-order valence-corrected chi connectivity index (χ1v) is 6.94. The topological polar surface area (TPSA) is 29.9 Å². The maximum atomic E-state index is 4.38. The highest BCUT2D eigenvalue weighted by molar-refractivity contribution is 4.91. The lowest BCUT2D eigenvalue weighted by Crippen LogP contribution is -2.18. The number of nitrogens with one attached hydrogen (secondary N) is 1. The fourth-order valence-electron chi connectivity index (χ4n) is 1.95. The molecule has 1 aromatic rings. The standard InChI is InChI=1S/C14H27N3/c1-4-10-17-11-9-16-14(17)12-15-8-6-5-7-13(2)3/h9,11,13,15H,4-8,10,12H2,1-3H3.